The van der Waals surface area contributed by atoms with Gasteiger partial charge in [-0.15, -0.1) is 11.8 Å². The number of rotatable bonds is 3. The lowest BCUT2D eigenvalue weighted by molar-refractivity contribution is -0.665. The number of allylic oxidation sites excluding steroid dienone is 2. The van der Waals surface area contributed by atoms with Crippen molar-refractivity contribution in [2.75, 3.05) is 19.3 Å². The number of benzene rings is 1. The Kier molecular flexibility index (Phi) is 6.13. The molecule has 0 saturated carbocycles. The van der Waals surface area contributed by atoms with Crippen LogP contribution in [-0.2, 0) is 6.54 Å². The topological polar surface area (TPSA) is 7.12 Å². The van der Waals surface area contributed by atoms with E-state index in [4.69, 9.17) is 0 Å². The lowest BCUT2D eigenvalue weighted by Crippen LogP contribution is -3.00. The minimum Gasteiger partial charge on any atom is -1.00 e. The van der Waals surface area contributed by atoms with Gasteiger partial charge in [0.05, 0.1) is 5.03 Å². The number of fused-ring (bicyclic) bond motifs is 1. The SMILES string of the molecule is CC[n+]1c(/C=C/C=C2/SCCN2C)sc2ccccc21.[I-]. The van der Waals surface area contributed by atoms with Crippen molar-refractivity contribution in [3.05, 3.63) is 46.5 Å². The van der Waals surface area contributed by atoms with E-state index in [0.717, 1.165) is 13.1 Å². The van der Waals surface area contributed by atoms with Crippen LogP contribution in [0.2, 0.25) is 0 Å². The summed E-state index contributed by atoms with van der Waals surface area (Å²) in [6.45, 7) is 4.37. The van der Waals surface area contributed by atoms with Gasteiger partial charge < -0.3 is 28.9 Å². The molecule has 0 bridgehead atoms. The smallest absolute Gasteiger partial charge is 0.262 e. The zero-order chi connectivity index (χ0) is 13.9. The summed E-state index contributed by atoms with van der Waals surface area (Å²) in [7, 11) is 2.16. The molecule has 2 heterocycles. The van der Waals surface area contributed by atoms with Crippen LogP contribution >= 0.6 is 23.1 Å². The molecule has 1 aromatic heterocycles. The number of hydrogen-bond acceptors (Lipinski definition) is 3. The van der Waals surface area contributed by atoms with E-state index in [-0.39, 0.29) is 24.0 Å². The fourth-order valence-corrected chi connectivity index (χ4v) is 4.60. The summed E-state index contributed by atoms with van der Waals surface area (Å²) in [6, 6.07) is 8.62. The maximum Gasteiger partial charge on any atom is 0.262 e. The summed E-state index contributed by atoms with van der Waals surface area (Å²) in [5.41, 5.74) is 1.33. The van der Waals surface area contributed by atoms with Crippen LogP contribution < -0.4 is 28.5 Å². The number of para-hydroxylation sites is 1. The average Bonchev–Trinajstić information content (AvgIpc) is 3.02. The van der Waals surface area contributed by atoms with Gasteiger partial charge in [0.2, 0.25) is 5.52 Å². The molecule has 0 amide bonds. The summed E-state index contributed by atoms with van der Waals surface area (Å²) in [5, 5.41) is 2.68. The summed E-state index contributed by atoms with van der Waals surface area (Å²) in [4.78, 5) is 2.31. The highest BCUT2D eigenvalue weighted by atomic mass is 127. The second-order valence-electron chi connectivity index (χ2n) is 4.79. The van der Waals surface area contributed by atoms with Gasteiger partial charge in [0, 0.05) is 31.5 Å². The summed E-state index contributed by atoms with van der Waals surface area (Å²) in [5.74, 6) is 1.20. The Balaban J connectivity index is 0.00000161. The van der Waals surface area contributed by atoms with Gasteiger partial charge in [-0.2, -0.15) is 4.57 Å². The van der Waals surface area contributed by atoms with Crippen LogP contribution in [0.5, 0.6) is 0 Å². The average molecular weight is 430 g/mol. The summed E-state index contributed by atoms with van der Waals surface area (Å²) < 4.78 is 3.73. The molecule has 2 aromatic rings. The first-order valence-corrected chi connectivity index (χ1v) is 8.73. The third-order valence-corrected chi connectivity index (χ3v) is 5.74. The van der Waals surface area contributed by atoms with E-state index in [0.29, 0.717) is 0 Å². The number of aryl methyl sites for hydroxylation is 1. The highest BCUT2D eigenvalue weighted by molar-refractivity contribution is 8.03. The Bertz CT molecular complexity index is 676. The third-order valence-electron chi connectivity index (χ3n) is 3.48. The molecule has 5 heteroatoms. The van der Waals surface area contributed by atoms with Gasteiger partial charge in [0.25, 0.3) is 5.01 Å². The molecule has 0 atom stereocenters. The van der Waals surface area contributed by atoms with Gasteiger partial charge >= 0.3 is 0 Å². The van der Waals surface area contributed by atoms with E-state index in [9.17, 15) is 0 Å². The quantitative estimate of drug-likeness (QED) is 0.524. The van der Waals surface area contributed by atoms with Crippen LogP contribution in [0.3, 0.4) is 0 Å². The zero-order valence-electron chi connectivity index (χ0n) is 12.3. The largest absolute Gasteiger partial charge is 1.00 e. The fraction of sp³-hybridized carbons (Fsp3) is 0.312. The van der Waals surface area contributed by atoms with Crippen molar-refractivity contribution >= 4 is 39.4 Å². The predicted molar refractivity (Wildman–Crippen MR) is 89.9 cm³/mol. The Morgan fingerprint density at radius 3 is 2.86 bits per heavy atom. The summed E-state index contributed by atoms with van der Waals surface area (Å²) >= 11 is 3.79. The van der Waals surface area contributed by atoms with Crippen LogP contribution in [0, 0.1) is 0 Å². The maximum absolute atomic E-state index is 2.38. The monoisotopic (exact) mass is 430 g/mol. The summed E-state index contributed by atoms with van der Waals surface area (Å²) in [6.07, 6.45) is 6.64. The lowest BCUT2D eigenvalue weighted by Gasteiger charge is -2.09. The number of aromatic nitrogens is 1. The first-order chi connectivity index (χ1) is 9.79. The molecule has 1 aromatic carbocycles. The van der Waals surface area contributed by atoms with Crippen molar-refractivity contribution in [2.24, 2.45) is 0 Å². The Morgan fingerprint density at radius 2 is 2.14 bits per heavy atom. The van der Waals surface area contributed by atoms with E-state index in [1.54, 1.807) is 0 Å². The molecule has 21 heavy (non-hydrogen) atoms. The van der Waals surface area contributed by atoms with Crippen LogP contribution in [0.25, 0.3) is 16.3 Å². The molecule has 0 spiro atoms. The maximum atomic E-state index is 2.38. The molecule has 2 nitrogen and oxygen atoms in total. The van der Waals surface area contributed by atoms with Crippen LogP contribution in [0.1, 0.15) is 11.9 Å². The molecule has 0 N–H and O–H groups in total. The molecule has 1 saturated heterocycles. The van der Waals surface area contributed by atoms with Crippen molar-refractivity contribution in [1.29, 1.82) is 0 Å². The Morgan fingerprint density at radius 1 is 1.33 bits per heavy atom. The molecular formula is C16H19IN2S2. The van der Waals surface area contributed by atoms with Gasteiger partial charge in [-0.05, 0) is 19.1 Å². The van der Waals surface area contributed by atoms with Crippen LogP contribution in [0.15, 0.2) is 41.4 Å². The van der Waals surface area contributed by atoms with Crippen molar-refractivity contribution in [3.63, 3.8) is 0 Å². The highest BCUT2D eigenvalue weighted by Crippen LogP contribution is 2.26. The molecule has 1 aliphatic heterocycles. The first kappa shape index (κ1) is 16.8. The fourth-order valence-electron chi connectivity index (χ4n) is 2.40. The third kappa shape index (κ3) is 3.63. The lowest BCUT2D eigenvalue weighted by atomic mass is 10.3. The number of hydrogen-bond donors (Lipinski definition) is 0. The van der Waals surface area contributed by atoms with Crippen LogP contribution in [-0.4, -0.2) is 24.2 Å². The van der Waals surface area contributed by atoms with Crippen molar-refractivity contribution in [1.82, 2.24) is 4.90 Å². The molecule has 1 fully saturated rings. The second-order valence-corrected chi connectivity index (χ2v) is 6.96. The zero-order valence-corrected chi connectivity index (χ0v) is 16.0. The number of nitrogens with zero attached hydrogens (tertiary/aromatic N) is 2. The van der Waals surface area contributed by atoms with Gasteiger partial charge in [-0.1, -0.05) is 29.5 Å². The minimum atomic E-state index is 0. The van der Waals surface area contributed by atoms with Gasteiger partial charge in [-0.3, -0.25) is 0 Å². The molecule has 112 valence electrons. The minimum absolute atomic E-state index is 0. The van der Waals surface area contributed by atoms with Crippen molar-refractivity contribution < 1.29 is 28.5 Å². The number of halogens is 1. The van der Waals surface area contributed by atoms with Gasteiger partial charge in [0.15, 0.2) is 0 Å². The molecule has 1 aliphatic rings. The van der Waals surface area contributed by atoms with Gasteiger partial charge in [0.1, 0.15) is 11.2 Å². The molecule has 0 radical (unpaired) electrons. The highest BCUT2D eigenvalue weighted by Gasteiger charge is 2.16. The van der Waals surface area contributed by atoms with E-state index < -0.39 is 0 Å². The van der Waals surface area contributed by atoms with Crippen molar-refractivity contribution in [2.45, 2.75) is 13.5 Å². The first-order valence-electron chi connectivity index (χ1n) is 6.93. The molecule has 0 aliphatic carbocycles. The Labute approximate surface area is 151 Å². The van der Waals surface area contributed by atoms with Gasteiger partial charge in [-0.25, -0.2) is 0 Å². The van der Waals surface area contributed by atoms with Crippen molar-refractivity contribution in [3.8, 4) is 0 Å². The van der Waals surface area contributed by atoms with E-state index in [1.807, 2.05) is 23.1 Å². The normalized spacial score (nSPS) is 17.0. The standard InChI is InChI=1S/C16H19N2S2.HI/c1-3-18-13-7-4-5-8-14(13)20-16(18)10-6-9-15-17(2)11-12-19-15;/h4-10H,3,11-12H2,1-2H3;1H/q+1;/p-1. The predicted octanol–water partition coefficient (Wildman–Crippen LogP) is 0.746. The number of thiazole rings is 1. The Hall–Kier alpha value is -0.530. The molecular weight excluding hydrogens is 411 g/mol. The molecule has 0 unspecified atom stereocenters. The van der Waals surface area contributed by atoms with E-state index >= 15 is 0 Å². The molecule has 3 rings (SSSR count). The van der Waals surface area contributed by atoms with E-state index in [2.05, 4.69) is 65.9 Å². The van der Waals surface area contributed by atoms with Crippen LogP contribution in [0.4, 0.5) is 0 Å². The van der Waals surface area contributed by atoms with E-state index in [1.165, 1.54) is 26.0 Å². The number of thioether (sulfide) groups is 1. The second kappa shape index (κ2) is 7.65.